The fraction of sp³-hybridized carbons (Fsp3) is 0.292. The maximum atomic E-state index is 14.7. The molecule has 0 saturated carbocycles. The number of urea groups is 1. The molecule has 2 heterocycles. The number of hydrogen-bond donors (Lipinski definition) is 2. The van der Waals surface area contributed by atoms with Crippen LogP contribution in [0.2, 0.25) is 0 Å². The van der Waals surface area contributed by atoms with Crippen molar-refractivity contribution < 1.29 is 14.0 Å². The first kappa shape index (κ1) is 22.0. The fourth-order valence-corrected chi connectivity index (χ4v) is 4.47. The number of hydrogen-bond acceptors (Lipinski definition) is 4. The van der Waals surface area contributed by atoms with Gasteiger partial charge in [-0.25, -0.2) is 14.2 Å². The van der Waals surface area contributed by atoms with Gasteiger partial charge in [0, 0.05) is 19.1 Å². The zero-order valence-corrected chi connectivity index (χ0v) is 18.8. The number of amides is 3. The molecule has 0 unspecified atom stereocenters. The maximum absolute atomic E-state index is 14.7. The Morgan fingerprint density at radius 3 is 2.59 bits per heavy atom. The SMILES string of the molecule is CC(C)NC(=O)N1CCC(=Cc2ccc(C(=O)Nc3nc4ccccc4s3)c(F)c2)CC1. The third-order valence-electron chi connectivity index (χ3n) is 5.23. The van der Waals surface area contributed by atoms with E-state index in [-0.39, 0.29) is 17.6 Å². The molecular weight excluding hydrogens is 427 g/mol. The van der Waals surface area contributed by atoms with Crippen molar-refractivity contribution in [2.75, 3.05) is 18.4 Å². The number of likely N-dealkylation sites (tertiary alicyclic amines) is 1. The molecule has 4 rings (SSSR count). The van der Waals surface area contributed by atoms with Crippen molar-refractivity contribution in [1.29, 1.82) is 0 Å². The molecule has 3 amide bonds. The van der Waals surface area contributed by atoms with Crippen molar-refractivity contribution in [2.24, 2.45) is 0 Å². The zero-order chi connectivity index (χ0) is 22.7. The first-order valence-corrected chi connectivity index (χ1v) is 11.4. The average molecular weight is 453 g/mol. The summed E-state index contributed by atoms with van der Waals surface area (Å²) in [6.45, 7) is 5.14. The molecule has 8 heteroatoms. The predicted molar refractivity (Wildman–Crippen MR) is 126 cm³/mol. The highest BCUT2D eigenvalue weighted by Gasteiger charge is 2.20. The molecule has 1 aromatic heterocycles. The molecule has 1 fully saturated rings. The summed E-state index contributed by atoms with van der Waals surface area (Å²) in [4.78, 5) is 30.8. The number of carbonyl (C=O) groups excluding carboxylic acids is 2. The number of piperidine rings is 1. The summed E-state index contributed by atoms with van der Waals surface area (Å²) in [5.41, 5.74) is 2.63. The van der Waals surface area contributed by atoms with E-state index in [0.717, 1.165) is 28.6 Å². The van der Waals surface area contributed by atoms with Crippen LogP contribution in [-0.2, 0) is 0 Å². The van der Waals surface area contributed by atoms with Crippen molar-refractivity contribution in [3.63, 3.8) is 0 Å². The maximum Gasteiger partial charge on any atom is 0.317 e. The normalized spacial score (nSPS) is 14.0. The lowest BCUT2D eigenvalue weighted by molar-refractivity contribution is 0.102. The van der Waals surface area contributed by atoms with Crippen molar-refractivity contribution in [1.82, 2.24) is 15.2 Å². The highest BCUT2D eigenvalue weighted by atomic mass is 32.1. The van der Waals surface area contributed by atoms with Gasteiger partial charge in [-0.15, -0.1) is 0 Å². The summed E-state index contributed by atoms with van der Waals surface area (Å²) >= 11 is 1.35. The molecule has 1 aliphatic rings. The van der Waals surface area contributed by atoms with E-state index in [1.807, 2.05) is 44.2 Å². The number of carbonyl (C=O) groups is 2. The van der Waals surface area contributed by atoms with Crippen LogP contribution in [0.5, 0.6) is 0 Å². The second-order valence-electron chi connectivity index (χ2n) is 8.07. The zero-order valence-electron chi connectivity index (χ0n) is 18.0. The average Bonchev–Trinajstić information content (AvgIpc) is 3.16. The van der Waals surface area contributed by atoms with Crippen LogP contribution in [0.15, 0.2) is 48.0 Å². The Hall–Kier alpha value is -3.26. The Morgan fingerprint density at radius 2 is 1.91 bits per heavy atom. The predicted octanol–water partition coefficient (Wildman–Crippen LogP) is 5.28. The molecule has 1 aliphatic heterocycles. The van der Waals surface area contributed by atoms with Crippen LogP contribution in [0.4, 0.5) is 14.3 Å². The van der Waals surface area contributed by atoms with Gasteiger partial charge in [0.05, 0.1) is 15.8 Å². The van der Waals surface area contributed by atoms with Crippen molar-refractivity contribution in [3.05, 3.63) is 65.0 Å². The van der Waals surface area contributed by atoms with E-state index in [2.05, 4.69) is 15.6 Å². The standard InChI is InChI=1S/C24H25FN4O2S/c1-15(2)26-24(31)29-11-9-16(10-12-29)13-17-7-8-18(19(25)14-17)22(30)28-23-27-20-5-3-4-6-21(20)32-23/h3-8,13-15H,9-12H2,1-2H3,(H,26,31)(H,27,28,30). The highest BCUT2D eigenvalue weighted by molar-refractivity contribution is 7.22. The Labute approximate surface area is 190 Å². The Kier molecular flexibility index (Phi) is 6.50. The second kappa shape index (κ2) is 9.48. The van der Waals surface area contributed by atoms with Gasteiger partial charge in [-0.2, -0.15) is 0 Å². The van der Waals surface area contributed by atoms with Gasteiger partial charge in [0.15, 0.2) is 5.13 Å². The van der Waals surface area contributed by atoms with E-state index in [9.17, 15) is 14.0 Å². The van der Waals surface area contributed by atoms with Crippen LogP contribution < -0.4 is 10.6 Å². The second-order valence-corrected chi connectivity index (χ2v) is 9.10. The Morgan fingerprint density at radius 1 is 1.16 bits per heavy atom. The van der Waals surface area contributed by atoms with E-state index in [4.69, 9.17) is 0 Å². The third kappa shape index (κ3) is 5.13. The number of benzene rings is 2. The van der Waals surface area contributed by atoms with E-state index in [1.54, 1.807) is 11.0 Å². The highest BCUT2D eigenvalue weighted by Crippen LogP contribution is 2.26. The van der Waals surface area contributed by atoms with E-state index >= 15 is 0 Å². The van der Waals surface area contributed by atoms with Gasteiger partial charge < -0.3 is 10.2 Å². The van der Waals surface area contributed by atoms with Gasteiger partial charge >= 0.3 is 6.03 Å². The number of nitrogens with one attached hydrogen (secondary N) is 2. The summed E-state index contributed by atoms with van der Waals surface area (Å²) in [7, 11) is 0. The molecule has 32 heavy (non-hydrogen) atoms. The third-order valence-corrected chi connectivity index (χ3v) is 6.18. The first-order chi connectivity index (χ1) is 15.4. The molecule has 0 spiro atoms. The number of thiazole rings is 1. The molecular formula is C24H25FN4O2S. The summed E-state index contributed by atoms with van der Waals surface area (Å²) in [6.07, 6.45) is 3.43. The van der Waals surface area contributed by atoms with Gasteiger partial charge in [0.25, 0.3) is 5.91 Å². The lowest BCUT2D eigenvalue weighted by atomic mass is 10.0. The lowest BCUT2D eigenvalue weighted by Crippen LogP contribution is -2.45. The number of fused-ring (bicyclic) bond motifs is 1. The molecule has 2 N–H and O–H groups in total. The van der Waals surface area contributed by atoms with Crippen LogP contribution in [0.1, 0.15) is 42.6 Å². The van der Waals surface area contributed by atoms with Gasteiger partial charge in [0.1, 0.15) is 5.82 Å². The molecule has 1 saturated heterocycles. The largest absolute Gasteiger partial charge is 0.336 e. The minimum Gasteiger partial charge on any atom is -0.336 e. The summed E-state index contributed by atoms with van der Waals surface area (Å²) in [6, 6.07) is 12.2. The minimum atomic E-state index is -0.577. The molecule has 2 aromatic carbocycles. The van der Waals surface area contributed by atoms with Crippen LogP contribution in [-0.4, -0.2) is 41.0 Å². The van der Waals surface area contributed by atoms with Crippen molar-refractivity contribution >= 4 is 44.7 Å². The molecule has 3 aromatic rings. The summed E-state index contributed by atoms with van der Waals surface area (Å²) in [5, 5.41) is 6.03. The molecule has 0 atom stereocenters. The van der Waals surface area contributed by atoms with E-state index in [0.29, 0.717) is 23.8 Å². The quantitative estimate of drug-likeness (QED) is 0.565. The van der Waals surface area contributed by atoms with E-state index < -0.39 is 11.7 Å². The Balaban J connectivity index is 1.39. The molecule has 0 aliphatic carbocycles. The minimum absolute atomic E-state index is 0.0217. The van der Waals surface area contributed by atoms with E-state index in [1.165, 1.54) is 23.5 Å². The number of aromatic nitrogens is 1. The molecule has 0 bridgehead atoms. The lowest BCUT2D eigenvalue weighted by Gasteiger charge is -2.29. The summed E-state index contributed by atoms with van der Waals surface area (Å²) in [5.74, 6) is -1.10. The number of anilines is 1. The number of nitrogens with zero attached hydrogens (tertiary/aromatic N) is 2. The van der Waals surface area contributed by atoms with Crippen molar-refractivity contribution in [2.45, 2.75) is 32.7 Å². The van der Waals surface area contributed by atoms with Gasteiger partial charge in [0.2, 0.25) is 0 Å². The smallest absolute Gasteiger partial charge is 0.317 e. The first-order valence-electron chi connectivity index (χ1n) is 10.6. The van der Waals surface area contributed by atoms with Crippen LogP contribution >= 0.6 is 11.3 Å². The van der Waals surface area contributed by atoms with Gasteiger partial charge in [-0.1, -0.05) is 41.2 Å². The molecule has 166 valence electrons. The van der Waals surface area contributed by atoms with Crippen LogP contribution in [0.25, 0.3) is 16.3 Å². The summed E-state index contributed by atoms with van der Waals surface area (Å²) < 4.78 is 15.6. The van der Waals surface area contributed by atoms with Crippen molar-refractivity contribution in [3.8, 4) is 0 Å². The van der Waals surface area contributed by atoms with Gasteiger partial charge in [-0.3, -0.25) is 10.1 Å². The molecule has 6 nitrogen and oxygen atoms in total. The number of para-hydroxylation sites is 1. The van der Waals surface area contributed by atoms with Crippen LogP contribution in [0.3, 0.4) is 0 Å². The monoisotopic (exact) mass is 452 g/mol. The fourth-order valence-electron chi connectivity index (χ4n) is 3.61. The van der Waals surface area contributed by atoms with Crippen LogP contribution in [0, 0.1) is 5.82 Å². The number of halogens is 1. The Bertz CT molecular complexity index is 1140. The number of rotatable bonds is 4. The topological polar surface area (TPSA) is 74.3 Å². The van der Waals surface area contributed by atoms with Gasteiger partial charge in [-0.05, 0) is 56.5 Å². The molecule has 0 radical (unpaired) electrons.